The number of fused-ring (bicyclic) bond motifs is 1. The first kappa shape index (κ1) is 20.2. The molecule has 1 heterocycles. The Hall–Kier alpha value is -3.11. The summed E-state index contributed by atoms with van der Waals surface area (Å²) in [6.07, 6.45) is 1.74. The van der Waals surface area contributed by atoms with Crippen molar-refractivity contribution in [1.82, 2.24) is 0 Å². The highest BCUT2D eigenvalue weighted by Gasteiger charge is 2.27. The average molecular weight is 423 g/mol. The molecule has 1 aliphatic rings. The molecule has 152 valence electrons. The molecule has 0 bridgehead atoms. The maximum atomic E-state index is 13.2. The van der Waals surface area contributed by atoms with Gasteiger partial charge in [0.2, 0.25) is 5.78 Å². The van der Waals surface area contributed by atoms with Crippen molar-refractivity contribution >= 4 is 23.5 Å². The van der Waals surface area contributed by atoms with Crippen molar-refractivity contribution in [2.24, 2.45) is 0 Å². The van der Waals surface area contributed by atoms with Crippen LogP contribution < -0.4 is 9.47 Å². The molecular formula is C25H20ClFO3. The Morgan fingerprint density at radius 1 is 1.07 bits per heavy atom. The third-order valence-corrected chi connectivity index (χ3v) is 5.30. The van der Waals surface area contributed by atoms with E-state index in [2.05, 4.69) is 26.0 Å². The van der Waals surface area contributed by atoms with Crippen LogP contribution in [0.2, 0.25) is 5.02 Å². The third kappa shape index (κ3) is 4.24. The monoisotopic (exact) mass is 422 g/mol. The van der Waals surface area contributed by atoms with Crippen LogP contribution in [0.15, 0.2) is 66.4 Å². The molecule has 3 aromatic rings. The Balaban J connectivity index is 1.49. The van der Waals surface area contributed by atoms with E-state index < -0.39 is 5.82 Å². The van der Waals surface area contributed by atoms with E-state index in [1.54, 1.807) is 30.3 Å². The van der Waals surface area contributed by atoms with Crippen LogP contribution in [-0.2, 0) is 6.61 Å². The van der Waals surface area contributed by atoms with Crippen molar-refractivity contribution in [1.29, 1.82) is 0 Å². The average Bonchev–Trinajstić information content (AvgIpc) is 3.02. The Morgan fingerprint density at radius 2 is 1.83 bits per heavy atom. The maximum absolute atomic E-state index is 13.2. The van der Waals surface area contributed by atoms with Gasteiger partial charge in [-0.2, -0.15) is 0 Å². The van der Waals surface area contributed by atoms with E-state index in [9.17, 15) is 9.18 Å². The summed E-state index contributed by atoms with van der Waals surface area (Å²) < 4.78 is 24.7. The van der Waals surface area contributed by atoms with Gasteiger partial charge in [-0.05, 0) is 47.4 Å². The maximum Gasteiger partial charge on any atom is 0.231 e. The molecule has 5 heteroatoms. The molecule has 0 atom stereocenters. The van der Waals surface area contributed by atoms with Gasteiger partial charge in [-0.15, -0.1) is 0 Å². The Bertz CT molecular complexity index is 1130. The first-order chi connectivity index (χ1) is 14.4. The Morgan fingerprint density at radius 3 is 2.53 bits per heavy atom. The lowest BCUT2D eigenvalue weighted by atomic mass is 10.0. The van der Waals surface area contributed by atoms with E-state index in [4.69, 9.17) is 21.1 Å². The van der Waals surface area contributed by atoms with E-state index in [0.717, 1.165) is 5.56 Å². The molecule has 3 aromatic carbocycles. The normalized spacial score (nSPS) is 14.2. The molecule has 0 aromatic heterocycles. The second kappa shape index (κ2) is 8.33. The van der Waals surface area contributed by atoms with Gasteiger partial charge < -0.3 is 9.47 Å². The van der Waals surface area contributed by atoms with Crippen LogP contribution in [0, 0.1) is 5.82 Å². The molecule has 0 saturated heterocycles. The summed E-state index contributed by atoms with van der Waals surface area (Å²) in [7, 11) is 0. The zero-order chi connectivity index (χ0) is 21.3. The third-order valence-electron chi connectivity index (χ3n) is 4.95. The number of rotatable bonds is 5. The predicted octanol–water partition coefficient (Wildman–Crippen LogP) is 6.80. The van der Waals surface area contributed by atoms with E-state index in [1.165, 1.54) is 17.7 Å². The number of ketones is 1. The summed E-state index contributed by atoms with van der Waals surface area (Å²) in [5.74, 6) is 1.15. The van der Waals surface area contributed by atoms with Crippen LogP contribution >= 0.6 is 11.6 Å². The second-order valence-corrected chi connectivity index (χ2v) is 7.85. The van der Waals surface area contributed by atoms with Crippen LogP contribution in [0.1, 0.15) is 46.8 Å². The van der Waals surface area contributed by atoms with Gasteiger partial charge in [0.15, 0.2) is 5.76 Å². The van der Waals surface area contributed by atoms with Crippen molar-refractivity contribution in [2.45, 2.75) is 26.4 Å². The van der Waals surface area contributed by atoms with Crippen molar-refractivity contribution in [3.63, 3.8) is 0 Å². The summed E-state index contributed by atoms with van der Waals surface area (Å²) in [5, 5.41) is 0.302. The van der Waals surface area contributed by atoms with E-state index >= 15 is 0 Å². The molecule has 0 radical (unpaired) electrons. The van der Waals surface area contributed by atoms with E-state index in [0.29, 0.717) is 33.6 Å². The number of carbonyl (C=O) groups excluding carboxylic acids is 1. The van der Waals surface area contributed by atoms with Crippen LogP contribution in [0.3, 0.4) is 0 Å². The summed E-state index contributed by atoms with van der Waals surface area (Å²) in [6.45, 7) is 4.45. The quantitative estimate of drug-likeness (QED) is 0.424. The number of carbonyl (C=O) groups is 1. The van der Waals surface area contributed by atoms with Gasteiger partial charge in [-0.3, -0.25) is 4.79 Å². The van der Waals surface area contributed by atoms with E-state index in [1.807, 2.05) is 12.1 Å². The second-order valence-electron chi connectivity index (χ2n) is 7.44. The van der Waals surface area contributed by atoms with Crippen molar-refractivity contribution in [3.8, 4) is 11.5 Å². The highest BCUT2D eigenvalue weighted by molar-refractivity contribution is 6.31. The highest BCUT2D eigenvalue weighted by Crippen LogP contribution is 2.35. The summed E-state index contributed by atoms with van der Waals surface area (Å²) in [5.41, 5.74) is 3.30. The Labute approximate surface area is 179 Å². The lowest BCUT2D eigenvalue weighted by Crippen LogP contribution is -1.98. The molecule has 30 heavy (non-hydrogen) atoms. The molecule has 0 spiro atoms. The number of benzene rings is 3. The lowest BCUT2D eigenvalue weighted by Gasteiger charge is -2.09. The number of halogens is 2. The number of allylic oxidation sites excluding steroid dienone is 1. The van der Waals surface area contributed by atoms with Crippen LogP contribution in [0.4, 0.5) is 4.39 Å². The fraction of sp³-hybridized carbons (Fsp3) is 0.160. The standard InChI is InChI=1S/C25H20ClFO3/c1-15(2)17-5-3-16(4-6-17)11-24-25(28)21-10-9-20(13-23(21)30-24)29-14-18-7-8-19(27)12-22(18)26/h3-13,15H,14H2,1-2H3. The fourth-order valence-electron chi connectivity index (χ4n) is 3.19. The lowest BCUT2D eigenvalue weighted by molar-refractivity contribution is 0.101. The molecular weight excluding hydrogens is 403 g/mol. The minimum Gasteiger partial charge on any atom is -0.489 e. The first-order valence-corrected chi connectivity index (χ1v) is 10.0. The van der Waals surface area contributed by atoms with Gasteiger partial charge in [-0.1, -0.05) is 55.8 Å². The van der Waals surface area contributed by atoms with Crippen LogP contribution in [0.5, 0.6) is 11.5 Å². The Kier molecular flexibility index (Phi) is 5.60. The van der Waals surface area contributed by atoms with Gasteiger partial charge in [0.05, 0.1) is 10.6 Å². The summed E-state index contributed by atoms with van der Waals surface area (Å²) >= 11 is 6.03. The van der Waals surface area contributed by atoms with Gasteiger partial charge in [0.25, 0.3) is 0 Å². The number of hydrogen-bond donors (Lipinski definition) is 0. The minimum absolute atomic E-state index is 0.161. The molecule has 0 unspecified atom stereocenters. The van der Waals surface area contributed by atoms with Gasteiger partial charge >= 0.3 is 0 Å². The van der Waals surface area contributed by atoms with Crippen LogP contribution in [-0.4, -0.2) is 5.78 Å². The smallest absolute Gasteiger partial charge is 0.231 e. The van der Waals surface area contributed by atoms with E-state index in [-0.39, 0.29) is 18.1 Å². The number of Topliss-reactive ketones (excluding diaryl/α,β-unsaturated/α-hetero) is 1. The largest absolute Gasteiger partial charge is 0.489 e. The molecule has 3 nitrogen and oxygen atoms in total. The number of hydrogen-bond acceptors (Lipinski definition) is 3. The molecule has 0 fully saturated rings. The molecule has 0 saturated carbocycles. The zero-order valence-electron chi connectivity index (χ0n) is 16.6. The molecule has 1 aliphatic heterocycles. The molecule has 0 N–H and O–H groups in total. The topological polar surface area (TPSA) is 35.5 Å². The summed E-state index contributed by atoms with van der Waals surface area (Å²) in [4.78, 5) is 12.7. The van der Waals surface area contributed by atoms with Crippen molar-refractivity contribution < 1.29 is 18.7 Å². The molecule has 0 amide bonds. The zero-order valence-corrected chi connectivity index (χ0v) is 17.4. The first-order valence-electron chi connectivity index (χ1n) is 9.65. The SMILES string of the molecule is CC(C)c1ccc(C=C2Oc3cc(OCc4ccc(F)cc4Cl)ccc3C2=O)cc1. The summed E-state index contributed by atoms with van der Waals surface area (Å²) in [6, 6.07) is 17.3. The fourth-order valence-corrected chi connectivity index (χ4v) is 3.41. The highest BCUT2D eigenvalue weighted by atomic mass is 35.5. The van der Waals surface area contributed by atoms with Crippen LogP contribution in [0.25, 0.3) is 6.08 Å². The predicted molar refractivity (Wildman–Crippen MR) is 116 cm³/mol. The van der Waals surface area contributed by atoms with Crippen molar-refractivity contribution in [2.75, 3.05) is 0 Å². The van der Waals surface area contributed by atoms with Gasteiger partial charge in [0.1, 0.15) is 23.9 Å². The number of ether oxygens (including phenoxy) is 2. The molecule has 4 rings (SSSR count). The van der Waals surface area contributed by atoms with Gasteiger partial charge in [-0.25, -0.2) is 4.39 Å². The van der Waals surface area contributed by atoms with Gasteiger partial charge in [0, 0.05) is 11.6 Å². The molecule has 0 aliphatic carbocycles. The van der Waals surface area contributed by atoms with Crippen molar-refractivity contribution in [3.05, 3.63) is 99.5 Å². The minimum atomic E-state index is -0.397.